The van der Waals surface area contributed by atoms with E-state index in [0.29, 0.717) is 5.70 Å². The molecule has 3 rings (SSSR count). The van der Waals surface area contributed by atoms with Crippen LogP contribution in [0.15, 0.2) is 78.3 Å². The van der Waals surface area contributed by atoms with E-state index in [1.54, 1.807) is 18.2 Å². The van der Waals surface area contributed by atoms with Gasteiger partial charge in [0.25, 0.3) is 0 Å². The molecule has 1 unspecified atom stereocenters. The molecule has 0 radical (unpaired) electrons. The molecule has 1 aliphatic heterocycles. The summed E-state index contributed by atoms with van der Waals surface area (Å²) in [6.45, 7) is 0. The van der Waals surface area contributed by atoms with Crippen LogP contribution in [-0.2, 0) is 9.53 Å². The van der Waals surface area contributed by atoms with Gasteiger partial charge in [-0.3, -0.25) is 9.80 Å². The van der Waals surface area contributed by atoms with Crippen LogP contribution in [-0.4, -0.2) is 25.1 Å². The van der Waals surface area contributed by atoms with Crippen LogP contribution < -0.4 is 15.8 Å². The second kappa shape index (κ2) is 8.29. The van der Waals surface area contributed by atoms with Gasteiger partial charge >= 0.3 is 0 Å². The van der Waals surface area contributed by atoms with Crippen LogP contribution in [0.4, 0.5) is 15.8 Å². The van der Waals surface area contributed by atoms with Crippen LogP contribution in [0.1, 0.15) is 0 Å². The van der Waals surface area contributed by atoms with Crippen molar-refractivity contribution in [2.45, 2.75) is 6.04 Å². The Morgan fingerprint density at radius 3 is 2.59 bits per heavy atom. The standard InChI is InChI=1S/C20H19FN4O2/c1-27-18-13-25(17-10-6-5-9-15(17)21)24-19(20(18)26)16(11-12-22)23-14-7-3-2-4-8-14/h2-13,19,22-24H,1H3/b16-11-,22-12?. The fraction of sp³-hybridized carbons (Fsp3) is 0.100. The SMILES string of the molecule is COC1=CN(c2ccccc2F)NC(/C(=C/C=N)Nc2ccccc2)C1=O. The first-order chi connectivity index (χ1) is 13.1. The van der Waals surface area contributed by atoms with Gasteiger partial charge in [-0.25, -0.2) is 9.82 Å². The van der Waals surface area contributed by atoms with Gasteiger partial charge in [0.2, 0.25) is 5.78 Å². The molecule has 1 atom stereocenters. The normalized spacial score (nSPS) is 17.3. The lowest BCUT2D eigenvalue weighted by Gasteiger charge is -2.33. The van der Waals surface area contributed by atoms with E-state index in [1.807, 2.05) is 30.3 Å². The number of carbonyl (C=O) groups excluding carboxylic acids is 1. The minimum Gasteiger partial charge on any atom is -0.491 e. The predicted molar refractivity (Wildman–Crippen MR) is 103 cm³/mol. The van der Waals surface area contributed by atoms with E-state index in [0.717, 1.165) is 11.9 Å². The van der Waals surface area contributed by atoms with Gasteiger partial charge in [0.05, 0.1) is 19.0 Å². The third kappa shape index (κ3) is 4.04. The Hall–Kier alpha value is -3.45. The molecule has 0 bridgehead atoms. The zero-order valence-electron chi connectivity index (χ0n) is 14.6. The third-order valence-corrected chi connectivity index (χ3v) is 3.99. The number of Topliss-reactive ketones (excluding diaryl/α,β-unsaturated/α-hetero) is 1. The highest BCUT2D eigenvalue weighted by Crippen LogP contribution is 2.24. The van der Waals surface area contributed by atoms with E-state index in [1.165, 1.54) is 30.5 Å². The van der Waals surface area contributed by atoms with Crippen molar-refractivity contribution in [1.82, 2.24) is 5.43 Å². The highest BCUT2D eigenvalue weighted by atomic mass is 19.1. The van der Waals surface area contributed by atoms with Gasteiger partial charge in [-0.15, -0.1) is 0 Å². The molecule has 138 valence electrons. The lowest BCUT2D eigenvalue weighted by atomic mass is 10.1. The number of allylic oxidation sites excluding steroid dienone is 1. The van der Waals surface area contributed by atoms with Gasteiger partial charge in [0, 0.05) is 17.6 Å². The van der Waals surface area contributed by atoms with Crippen molar-refractivity contribution in [2.75, 3.05) is 17.4 Å². The largest absolute Gasteiger partial charge is 0.491 e. The summed E-state index contributed by atoms with van der Waals surface area (Å²) < 4.78 is 19.4. The van der Waals surface area contributed by atoms with E-state index < -0.39 is 11.9 Å². The smallest absolute Gasteiger partial charge is 0.223 e. The summed E-state index contributed by atoms with van der Waals surface area (Å²) in [4.78, 5) is 12.8. The van der Waals surface area contributed by atoms with Crippen LogP contribution in [0.3, 0.4) is 0 Å². The van der Waals surface area contributed by atoms with Crippen LogP contribution in [0.2, 0.25) is 0 Å². The zero-order chi connectivity index (χ0) is 19.2. The molecule has 0 aromatic heterocycles. The summed E-state index contributed by atoms with van der Waals surface area (Å²) in [5.41, 5.74) is 4.42. The molecule has 0 saturated carbocycles. The van der Waals surface area contributed by atoms with Gasteiger partial charge in [-0.1, -0.05) is 30.3 Å². The number of nitrogens with one attached hydrogen (secondary N) is 3. The first-order valence-electron chi connectivity index (χ1n) is 8.26. The molecule has 7 heteroatoms. The number of carbonyl (C=O) groups is 1. The number of rotatable bonds is 6. The molecular weight excluding hydrogens is 347 g/mol. The average Bonchev–Trinajstić information content (AvgIpc) is 2.69. The third-order valence-electron chi connectivity index (χ3n) is 3.99. The number of ketones is 1. The summed E-state index contributed by atoms with van der Waals surface area (Å²) in [6, 6.07) is 14.6. The van der Waals surface area contributed by atoms with E-state index >= 15 is 0 Å². The van der Waals surface area contributed by atoms with E-state index in [9.17, 15) is 9.18 Å². The molecule has 0 aliphatic carbocycles. The van der Waals surface area contributed by atoms with Crippen molar-refractivity contribution in [2.24, 2.45) is 0 Å². The molecule has 0 saturated heterocycles. The van der Waals surface area contributed by atoms with Gasteiger partial charge in [-0.2, -0.15) is 0 Å². The Morgan fingerprint density at radius 1 is 1.22 bits per heavy atom. The minimum atomic E-state index is -0.883. The van der Waals surface area contributed by atoms with Crippen molar-refractivity contribution < 1.29 is 13.9 Å². The molecule has 1 heterocycles. The number of hydrogen-bond acceptors (Lipinski definition) is 6. The van der Waals surface area contributed by atoms with Crippen molar-refractivity contribution in [3.8, 4) is 0 Å². The lowest BCUT2D eigenvalue weighted by molar-refractivity contribution is -0.120. The fourth-order valence-electron chi connectivity index (χ4n) is 2.70. The number of para-hydroxylation sites is 2. The Bertz CT molecular complexity index is 896. The molecular formula is C20H19FN4O2. The average molecular weight is 366 g/mol. The lowest BCUT2D eigenvalue weighted by Crippen LogP contribution is -2.53. The van der Waals surface area contributed by atoms with E-state index in [-0.39, 0.29) is 17.2 Å². The maximum Gasteiger partial charge on any atom is 0.223 e. The maximum absolute atomic E-state index is 14.2. The van der Waals surface area contributed by atoms with Crippen molar-refractivity contribution >= 4 is 23.4 Å². The van der Waals surface area contributed by atoms with Crippen LogP contribution >= 0.6 is 0 Å². The summed E-state index contributed by atoms with van der Waals surface area (Å²) in [5, 5.41) is 12.0. The molecule has 2 aromatic rings. The second-order valence-electron chi connectivity index (χ2n) is 5.72. The monoisotopic (exact) mass is 366 g/mol. The van der Waals surface area contributed by atoms with E-state index in [4.69, 9.17) is 10.1 Å². The zero-order valence-corrected chi connectivity index (χ0v) is 14.6. The highest BCUT2D eigenvalue weighted by Gasteiger charge is 2.33. The number of ether oxygens (including phenoxy) is 1. The summed E-state index contributed by atoms with van der Waals surface area (Å²) in [5.74, 6) is -0.701. The van der Waals surface area contributed by atoms with E-state index in [2.05, 4.69) is 10.7 Å². The number of benzene rings is 2. The predicted octanol–water partition coefficient (Wildman–Crippen LogP) is 3.22. The number of hydrogen-bond donors (Lipinski definition) is 3. The van der Waals surface area contributed by atoms with Crippen LogP contribution in [0, 0.1) is 11.2 Å². The number of methoxy groups -OCH3 is 1. The molecule has 3 N–H and O–H groups in total. The first-order valence-corrected chi connectivity index (χ1v) is 8.26. The quantitative estimate of drug-likeness (QED) is 0.685. The number of hydrazine groups is 1. The van der Waals surface area contributed by atoms with Crippen LogP contribution in [0.25, 0.3) is 0 Å². The van der Waals surface area contributed by atoms with Crippen molar-refractivity contribution in [3.63, 3.8) is 0 Å². The molecule has 27 heavy (non-hydrogen) atoms. The fourth-order valence-corrected chi connectivity index (χ4v) is 2.70. The van der Waals surface area contributed by atoms with Gasteiger partial charge < -0.3 is 15.5 Å². The van der Waals surface area contributed by atoms with Crippen molar-refractivity contribution in [1.29, 1.82) is 5.41 Å². The van der Waals surface area contributed by atoms with Crippen molar-refractivity contribution in [3.05, 3.63) is 84.1 Å². The number of anilines is 2. The topological polar surface area (TPSA) is 77.5 Å². The van der Waals surface area contributed by atoms with Gasteiger partial charge in [-0.05, 0) is 30.3 Å². The minimum absolute atomic E-state index is 0.0766. The maximum atomic E-state index is 14.2. The molecule has 0 fully saturated rings. The summed E-state index contributed by atoms with van der Waals surface area (Å²) in [7, 11) is 1.39. The Balaban J connectivity index is 1.96. The number of halogens is 1. The first kappa shape index (κ1) is 18.3. The Morgan fingerprint density at radius 2 is 1.93 bits per heavy atom. The number of nitrogens with zero attached hydrogens (tertiary/aromatic N) is 1. The Kier molecular flexibility index (Phi) is 5.63. The molecule has 0 spiro atoms. The highest BCUT2D eigenvalue weighted by molar-refractivity contribution is 6.02. The Labute approximate surface area is 156 Å². The summed E-state index contributed by atoms with van der Waals surface area (Å²) in [6.07, 6.45) is 3.96. The van der Waals surface area contributed by atoms with Gasteiger partial charge in [0.15, 0.2) is 5.76 Å². The molecule has 1 aliphatic rings. The second-order valence-corrected chi connectivity index (χ2v) is 5.72. The summed E-state index contributed by atoms with van der Waals surface area (Å²) >= 11 is 0. The molecule has 2 aromatic carbocycles. The van der Waals surface area contributed by atoms with Gasteiger partial charge in [0.1, 0.15) is 11.9 Å². The molecule has 6 nitrogen and oxygen atoms in total. The van der Waals surface area contributed by atoms with Crippen LogP contribution in [0.5, 0.6) is 0 Å². The molecule has 0 amide bonds.